The molecule has 126 valence electrons. The van der Waals surface area contributed by atoms with Gasteiger partial charge in [0.25, 0.3) is 5.82 Å². The molecule has 0 fully saturated rings. The van der Waals surface area contributed by atoms with Gasteiger partial charge in [-0.15, -0.1) is 0 Å². The van der Waals surface area contributed by atoms with Gasteiger partial charge in [-0.1, -0.05) is 35.5 Å². The maximum Gasteiger partial charge on any atom is 0.289 e. The number of benzene rings is 1. The van der Waals surface area contributed by atoms with Gasteiger partial charge in [0, 0.05) is 11.6 Å². The molecule has 6 nitrogen and oxygen atoms in total. The number of carbonyl (C=O) groups is 1. The number of anilines is 1. The zero-order valence-corrected chi connectivity index (χ0v) is 14.7. The molecule has 25 heavy (non-hydrogen) atoms. The summed E-state index contributed by atoms with van der Waals surface area (Å²) in [6.07, 6.45) is 0.701. The van der Waals surface area contributed by atoms with Crippen molar-refractivity contribution < 1.29 is 9.78 Å². The minimum absolute atomic E-state index is 0.136. The molecular weight excluding hydrogens is 358 g/mol. The van der Waals surface area contributed by atoms with Gasteiger partial charge in [0.2, 0.25) is 5.91 Å². The van der Waals surface area contributed by atoms with Crippen LogP contribution in [0.15, 0.2) is 35.4 Å². The van der Waals surface area contributed by atoms with Crippen molar-refractivity contribution in [2.24, 2.45) is 0 Å². The molecule has 4 N–H and O–H groups in total. The Morgan fingerprint density at radius 1 is 1.24 bits per heavy atom. The Bertz CT molecular complexity index is 855. The SMILES string of the molecule is N#Cc1cc(C#N)c(SCC(=O)NCCc2ccc(Cl)cc2)[nH+]c1N. The third kappa shape index (κ3) is 5.39. The van der Waals surface area contributed by atoms with E-state index >= 15 is 0 Å². The van der Waals surface area contributed by atoms with Crippen LogP contribution < -0.4 is 16.0 Å². The van der Waals surface area contributed by atoms with Gasteiger partial charge in [-0.25, -0.2) is 4.98 Å². The standard InChI is InChI=1S/C17H14ClN5OS/c18-14-3-1-11(2-4-14)5-6-22-15(24)10-25-17-13(9-20)7-12(8-19)16(21)23-17/h1-4,7H,5-6,10H2,(H2,21,23)(H,22,24)/p+1. The quantitative estimate of drug-likeness (QED) is 0.751. The molecule has 1 heterocycles. The molecule has 2 aromatic rings. The summed E-state index contributed by atoms with van der Waals surface area (Å²) in [6.45, 7) is 0.505. The Morgan fingerprint density at radius 2 is 1.92 bits per heavy atom. The second-order valence-electron chi connectivity index (χ2n) is 5.08. The number of hydrogen-bond donors (Lipinski definition) is 2. The normalized spacial score (nSPS) is 9.88. The van der Waals surface area contributed by atoms with Crippen molar-refractivity contribution in [3.63, 3.8) is 0 Å². The fourth-order valence-corrected chi connectivity index (χ4v) is 2.97. The van der Waals surface area contributed by atoms with Crippen LogP contribution in [0.3, 0.4) is 0 Å². The van der Waals surface area contributed by atoms with Gasteiger partial charge in [0.15, 0.2) is 5.03 Å². The van der Waals surface area contributed by atoms with Crippen molar-refractivity contribution in [3.05, 3.63) is 52.0 Å². The summed E-state index contributed by atoms with van der Waals surface area (Å²) >= 11 is 6.99. The topological polar surface area (TPSA) is 117 Å². The Kier molecular flexibility index (Phi) is 6.64. The maximum atomic E-state index is 11.9. The van der Waals surface area contributed by atoms with Crippen LogP contribution in [0, 0.1) is 22.7 Å². The van der Waals surface area contributed by atoms with Crippen LogP contribution >= 0.6 is 23.4 Å². The zero-order chi connectivity index (χ0) is 18.2. The van der Waals surface area contributed by atoms with Crippen molar-refractivity contribution in [2.45, 2.75) is 11.4 Å². The number of carbonyl (C=O) groups excluding carboxylic acids is 1. The van der Waals surface area contributed by atoms with Crippen LogP contribution in [0.2, 0.25) is 5.02 Å². The molecule has 0 unspecified atom stereocenters. The minimum Gasteiger partial charge on any atom is -0.355 e. The first-order valence-electron chi connectivity index (χ1n) is 7.33. The number of amides is 1. The lowest BCUT2D eigenvalue weighted by Crippen LogP contribution is -2.28. The molecule has 0 aliphatic rings. The van der Waals surface area contributed by atoms with E-state index in [9.17, 15) is 4.79 Å². The number of pyridine rings is 1. The number of aromatic nitrogens is 1. The number of halogens is 1. The minimum atomic E-state index is -0.154. The first kappa shape index (κ1) is 18.6. The van der Waals surface area contributed by atoms with Gasteiger partial charge in [-0.3, -0.25) is 10.5 Å². The van der Waals surface area contributed by atoms with Crippen molar-refractivity contribution in [2.75, 3.05) is 18.0 Å². The number of H-pyrrole nitrogens is 1. The highest BCUT2D eigenvalue weighted by Gasteiger charge is 2.15. The summed E-state index contributed by atoms with van der Waals surface area (Å²) in [7, 11) is 0. The summed E-state index contributed by atoms with van der Waals surface area (Å²) in [6, 6.07) is 12.7. The van der Waals surface area contributed by atoms with E-state index in [1.54, 1.807) is 0 Å². The predicted molar refractivity (Wildman–Crippen MR) is 95.7 cm³/mol. The van der Waals surface area contributed by atoms with Gasteiger partial charge in [-0.05, 0) is 30.2 Å². The van der Waals surface area contributed by atoms with E-state index in [0.29, 0.717) is 23.0 Å². The van der Waals surface area contributed by atoms with Gasteiger partial charge in [0.1, 0.15) is 23.3 Å². The Hall–Kier alpha value is -2.74. The summed E-state index contributed by atoms with van der Waals surface area (Å²) in [5, 5.41) is 22.0. The summed E-state index contributed by atoms with van der Waals surface area (Å²) in [5.41, 5.74) is 7.27. The number of hydrogen-bond acceptors (Lipinski definition) is 5. The number of nitrogens with two attached hydrogens (primary N) is 1. The number of nitrogen functional groups attached to an aromatic ring is 1. The number of nitrogens with zero attached hydrogens (tertiary/aromatic N) is 2. The summed E-state index contributed by atoms with van der Waals surface area (Å²) in [4.78, 5) is 14.7. The molecule has 1 amide bonds. The smallest absolute Gasteiger partial charge is 0.289 e. The van der Waals surface area contributed by atoms with E-state index in [4.69, 9.17) is 27.9 Å². The molecule has 0 aliphatic heterocycles. The molecule has 8 heteroatoms. The van der Waals surface area contributed by atoms with Crippen molar-refractivity contribution in [1.29, 1.82) is 10.5 Å². The number of rotatable bonds is 6. The van der Waals surface area contributed by atoms with Crippen molar-refractivity contribution in [3.8, 4) is 12.1 Å². The monoisotopic (exact) mass is 372 g/mol. The first-order chi connectivity index (χ1) is 12.0. The fraction of sp³-hybridized carbons (Fsp3) is 0.176. The lowest BCUT2D eigenvalue weighted by molar-refractivity contribution is -0.410. The highest BCUT2D eigenvalue weighted by atomic mass is 35.5. The average molecular weight is 373 g/mol. The van der Waals surface area contributed by atoms with Crippen molar-refractivity contribution in [1.82, 2.24) is 5.32 Å². The van der Waals surface area contributed by atoms with Gasteiger partial charge >= 0.3 is 0 Å². The Morgan fingerprint density at radius 3 is 2.56 bits per heavy atom. The Labute approximate surface area is 154 Å². The maximum absolute atomic E-state index is 11.9. The fourth-order valence-electron chi connectivity index (χ4n) is 2.02. The van der Waals surface area contributed by atoms with E-state index in [0.717, 1.165) is 17.3 Å². The molecular formula is C17H15ClN5OS+. The number of nitrogens with one attached hydrogen (secondary N) is 2. The van der Waals surface area contributed by atoms with E-state index < -0.39 is 0 Å². The summed E-state index contributed by atoms with van der Waals surface area (Å²) < 4.78 is 0. The zero-order valence-electron chi connectivity index (χ0n) is 13.2. The van der Waals surface area contributed by atoms with Gasteiger partial charge in [-0.2, -0.15) is 10.5 Å². The van der Waals surface area contributed by atoms with Crippen LogP contribution in [0.1, 0.15) is 16.7 Å². The van der Waals surface area contributed by atoms with Crippen molar-refractivity contribution >= 4 is 35.1 Å². The molecule has 0 radical (unpaired) electrons. The lowest BCUT2D eigenvalue weighted by Gasteiger charge is -2.06. The Balaban J connectivity index is 1.86. The van der Waals surface area contributed by atoms with Crippen LogP contribution in [0.25, 0.3) is 0 Å². The van der Waals surface area contributed by atoms with E-state index in [-0.39, 0.29) is 28.6 Å². The van der Waals surface area contributed by atoms with E-state index in [1.807, 2.05) is 36.4 Å². The molecule has 1 aromatic heterocycles. The number of nitriles is 2. The number of aromatic amines is 1. The molecule has 0 spiro atoms. The molecule has 0 aliphatic carbocycles. The summed E-state index contributed by atoms with van der Waals surface area (Å²) in [5.74, 6) is 0.156. The van der Waals surface area contributed by atoms with Crippen LogP contribution in [0.5, 0.6) is 0 Å². The predicted octanol–water partition coefficient (Wildman–Crippen LogP) is 1.93. The second kappa shape index (κ2) is 8.93. The van der Waals surface area contributed by atoms with Crippen LogP contribution in [-0.2, 0) is 11.2 Å². The van der Waals surface area contributed by atoms with Gasteiger partial charge in [0.05, 0.1) is 5.75 Å². The molecule has 2 rings (SSSR count). The molecule has 0 bridgehead atoms. The largest absolute Gasteiger partial charge is 0.355 e. The molecule has 0 atom stereocenters. The molecule has 1 aromatic carbocycles. The molecule has 0 saturated heterocycles. The average Bonchev–Trinajstić information content (AvgIpc) is 2.61. The second-order valence-corrected chi connectivity index (χ2v) is 6.50. The van der Waals surface area contributed by atoms with E-state index in [1.165, 1.54) is 6.07 Å². The highest BCUT2D eigenvalue weighted by Crippen LogP contribution is 2.20. The number of thioether (sulfide) groups is 1. The lowest BCUT2D eigenvalue weighted by atomic mass is 10.1. The van der Waals surface area contributed by atoms with E-state index in [2.05, 4.69) is 10.3 Å². The van der Waals surface area contributed by atoms with Crippen LogP contribution in [0.4, 0.5) is 5.82 Å². The first-order valence-corrected chi connectivity index (χ1v) is 8.69. The van der Waals surface area contributed by atoms with Gasteiger partial charge < -0.3 is 5.32 Å². The third-order valence-corrected chi connectivity index (χ3v) is 4.58. The van der Waals surface area contributed by atoms with Crippen LogP contribution in [-0.4, -0.2) is 18.2 Å². The molecule has 0 saturated carbocycles. The highest BCUT2D eigenvalue weighted by molar-refractivity contribution is 7.99. The third-order valence-electron chi connectivity index (χ3n) is 3.31.